The predicted octanol–water partition coefficient (Wildman–Crippen LogP) is 2.15. The minimum atomic E-state index is -3.13. The Morgan fingerprint density at radius 1 is 1.00 bits per heavy atom. The van der Waals surface area contributed by atoms with E-state index in [2.05, 4.69) is 0 Å². The lowest BCUT2D eigenvalue weighted by Gasteiger charge is -2.43. The fourth-order valence-electron chi connectivity index (χ4n) is 4.03. The van der Waals surface area contributed by atoms with Gasteiger partial charge in [0.05, 0.1) is 11.9 Å². The summed E-state index contributed by atoms with van der Waals surface area (Å²) in [6.45, 7) is 1.46. The lowest BCUT2D eigenvalue weighted by molar-refractivity contribution is 0.114. The zero-order chi connectivity index (χ0) is 13.3. The Bertz CT molecular complexity index is 401. The van der Waals surface area contributed by atoms with Crippen LogP contribution < -0.4 is 0 Å². The highest BCUT2D eigenvalue weighted by molar-refractivity contribution is 7.89. The molecule has 3 fully saturated rings. The van der Waals surface area contributed by atoms with Crippen LogP contribution in [0.2, 0.25) is 0 Å². The Morgan fingerprint density at radius 2 is 1.79 bits per heavy atom. The van der Waals surface area contributed by atoms with E-state index < -0.39 is 10.0 Å². The molecule has 0 spiro atoms. The highest BCUT2D eigenvalue weighted by atomic mass is 32.2. The predicted molar refractivity (Wildman–Crippen MR) is 74.4 cm³/mol. The molecule has 110 valence electrons. The smallest absolute Gasteiger partial charge is 0.216 e. The summed E-state index contributed by atoms with van der Waals surface area (Å²) in [4.78, 5) is 0. The van der Waals surface area contributed by atoms with Crippen molar-refractivity contribution >= 4 is 10.0 Å². The van der Waals surface area contributed by atoms with Gasteiger partial charge in [0.25, 0.3) is 0 Å². The number of sulfonamides is 1. The first kappa shape index (κ1) is 13.8. The van der Waals surface area contributed by atoms with Gasteiger partial charge in [0, 0.05) is 19.2 Å². The zero-order valence-corrected chi connectivity index (χ0v) is 12.4. The van der Waals surface area contributed by atoms with Crippen molar-refractivity contribution in [2.24, 2.45) is 5.92 Å². The van der Waals surface area contributed by atoms with Crippen LogP contribution in [-0.4, -0.2) is 43.8 Å². The average molecular weight is 287 g/mol. The van der Waals surface area contributed by atoms with Gasteiger partial charge in [-0.3, -0.25) is 0 Å². The summed E-state index contributed by atoms with van der Waals surface area (Å²) >= 11 is 0. The molecule has 3 aliphatic rings. The Hall–Kier alpha value is -0.130. The van der Waals surface area contributed by atoms with E-state index in [1.807, 2.05) is 4.31 Å². The summed E-state index contributed by atoms with van der Waals surface area (Å²) in [6.07, 6.45) is 8.85. The molecule has 2 aliphatic heterocycles. The number of hydrogen-bond acceptors (Lipinski definition) is 3. The molecule has 19 heavy (non-hydrogen) atoms. The summed E-state index contributed by atoms with van der Waals surface area (Å²) in [5, 5.41) is 0. The second-order valence-corrected chi connectivity index (χ2v) is 8.24. The van der Waals surface area contributed by atoms with Gasteiger partial charge in [-0.1, -0.05) is 12.8 Å². The molecule has 0 radical (unpaired) electrons. The van der Waals surface area contributed by atoms with Crippen LogP contribution in [0.4, 0.5) is 0 Å². The minimum absolute atomic E-state index is 0.0611. The van der Waals surface area contributed by atoms with Gasteiger partial charge < -0.3 is 4.74 Å². The second-order valence-electron chi connectivity index (χ2n) is 6.28. The maximum absolute atomic E-state index is 12.6. The van der Waals surface area contributed by atoms with E-state index in [-0.39, 0.29) is 17.9 Å². The number of fused-ring (bicyclic) bond motifs is 1. The molecule has 0 amide bonds. The third-order valence-electron chi connectivity index (χ3n) is 4.97. The van der Waals surface area contributed by atoms with E-state index in [1.165, 1.54) is 25.7 Å². The molecule has 2 heterocycles. The summed E-state index contributed by atoms with van der Waals surface area (Å²) in [5.74, 6) is 0.817. The molecule has 5 heteroatoms. The van der Waals surface area contributed by atoms with Crippen molar-refractivity contribution in [1.82, 2.24) is 4.31 Å². The highest BCUT2D eigenvalue weighted by Crippen LogP contribution is 2.37. The maximum Gasteiger partial charge on any atom is 0.216 e. The molecule has 0 aromatic carbocycles. The second kappa shape index (κ2) is 5.70. The van der Waals surface area contributed by atoms with E-state index in [9.17, 15) is 8.42 Å². The fraction of sp³-hybridized carbons (Fsp3) is 1.00. The summed E-state index contributed by atoms with van der Waals surface area (Å²) in [7, 11) is -3.13. The molecule has 3 atom stereocenters. The standard InChI is InChI=1S/C14H25NO3S/c16-19(17,11-13-7-4-10-18-13)15-9-3-6-12-5-1-2-8-14(12)15/h12-14H,1-11H2/t12-,13?,14-/m1/s1. The monoisotopic (exact) mass is 287 g/mol. The van der Waals surface area contributed by atoms with Crippen molar-refractivity contribution in [3.63, 3.8) is 0 Å². The van der Waals surface area contributed by atoms with E-state index in [0.29, 0.717) is 5.92 Å². The van der Waals surface area contributed by atoms with Gasteiger partial charge >= 0.3 is 0 Å². The van der Waals surface area contributed by atoms with Crippen molar-refractivity contribution in [2.75, 3.05) is 18.9 Å². The van der Waals surface area contributed by atoms with Crippen molar-refractivity contribution in [3.8, 4) is 0 Å². The van der Waals surface area contributed by atoms with Gasteiger partial charge in [-0.15, -0.1) is 0 Å². The van der Waals surface area contributed by atoms with Crippen LogP contribution >= 0.6 is 0 Å². The molecule has 2 saturated heterocycles. The minimum Gasteiger partial charge on any atom is -0.377 e. The van der Waals surface area contributed by atoms with Crippen molar-refractivity contribution in [1.29, 1.82) is 0 Å². The third-order valence-corrected chi connectivity index (χ3v) is 6.93. The molecule has 0 aromatic rings. The van der Waals surface area contributed by atoms with E-state index in [0.717, 1.165) is 38.8 Å². The van der Waals surface area contributed by atoms with Gasteiger partial charge in [0.15, 0.2) is 0 Å². The zero-order valence-electron chi connectivity index (χ0n) is 11.6. The molecular weight excluding hydrogens is 262 g/mol. The van der Waals surface area contributed by atoms with Crippen molar-refractivity contribution in [3.05, 3.63) is 0 Å². The van der Waals surface area contributed by atoms with Crippen LogP contribution in [0, 0.1) is 5.92 Å². The Kier molecular flexibility index (Phi) is 4.15. The molecular formula is C14H25NO3S. The largest absolute Gasteiger partial charge is 0.377 e. The van der Waals surface area contributed by atoms with Gasteiger partial charge in [-0.2, -0.15) is 4.31 Å². The first-order valence-corrected chi connectivity index (χ1v) is 9.39. The summed E-state index contributed by atoms with van der Waals surface area (Å²) < 4.78 is 32.6. The summed E-state index contributed by atoms with van der Waals surface area (Å²) in [5.41, 5.74) is 0. The van der Waals surface area contributed by atoms with E-state index in [1.54, 1.807) is 0 Å². The fourth-order valence-corrected chi connectivity index (χ4v) is 6.05. The summed E-state index contributed by atoms with van der Waals surface area (Å²) in [6, 6.07) is 0.286. The van der Waals surface area contributed by atoms with Crippen LogP contribution in [0.1, 0.15) is 51.4 Å². The van der Waals surface area contributed by atoms with E-state index in [4.69, 9.17) is 4.74 Å². The van der Waals surface area contributed by atoms with Crippen molar-refractivity contribution < 1.29 is 13.2 Å². The molecule has 4 nitrogen and oxygen atoms in total. The van der Waals surface area contributed by atoms with Crippen LogP contribution in [0.15, 0.2) is 0 Å². The van der Waals surface area contributed by atoms with Crippen molar-refractivity contribution in [2.45, 2.75) is 63.5 Å². The lowest BCUT2D eigenvalue weighted by atomic mass is 9.79. The molecule has 1 aliphatic carbocycles. The topological polar surface area (TPSA) is 46.6 Å². The maximum atomic E-state index is 12.6. The van der Waals surface area contributed by atoms with Gasteiger partial charge in [0.2, 0.25) is 10.0 Å². The molecule has 0 aromatic heterocycles. The number of piperidine rings is 1. The normalized spacial score (nSPS) is 37.2. The van der Waals surface area contributed by atoms with Crippen LogP contribution in [-0.2, 0) is 14.8 Å². The van der Waals surface area contributed by atoms with E-state index >= 15 is 0 Å². The van der Waals surface area contributed by atoms with Gasteiger partial charge in [0.1, 0.15) is 0 Å². The number of hydrogen-bond donors (Lipinski definition) is 0. The highest BCUT2D eigenvalue weighted by Gasteiger charge is 2.40. The van der Waals surface area contributed by atoms with Crippen LogP contribution in [0.3, 0.4) is 0 Å². The first-order valence-electron chi connectivity index (χ1n) is 7.78. The Morgan fingerprint density at radius 3 is 2.58 bits per heavy atom. The number of rotatable bonds is 3. The number of ether oxygens (including phenoxy) is 1. The Labute approximate surface area is 116 Å². The molecule has 3 rings (SSSR count). The van der Waals surface area contributed by atoms with Crippen LogP contribution in [0.5, 0.6) is 0 Å². The quantitative estimate of drug-likeness (QED) is 0.799. The van der Waals surface area contributed by atoms with Crippen LogP contribution in [0.25, 0.3) is 0 Å². The third kappa shape index (κ3) is 2.98. The number of nitrogens with zero attached hydrogens (tertiary/aromatic N) is 1. The molecule has 0 bridgehead atoms. The molecule has 1 unspecified atom stereocenters. The average Bonchev–Trinajstić information content (AvgIpc) is 2.90. The van der Waals surface area contributed by atoms with Gasteiger partial charge in [-0.25, -0.2) is 8.42 Å². The SMILES string of the molecule is O=S(=O)(CC1CCCO1)N1CCC[C@H]2CCCC[C@H]21. The first-order chi connectivity index (χ1) is 9.17. The Balaban J connectivity index is 1.71. The molecule has 1 saturated carbocycles. The molecule has 0 N–H and O–H groups in total. The lowest BCUT2D eigenvalue weighted by Crippen LogP contribution is -2.51. The van der Waals surface area contributed by atoms with Gasteiger partial charge in [-0.05, 0) is 44.4 Å².